The summed E-state index contributed by atoms with van der Waals surface area (Å²) in [5.74, 6) is -0.800. The van der Waals surface area contributed by atoms with Crippen LogP contribution in [0.25, 0.3) is 0 Å². The van der Waals surface area contributed by atoms with E-state index in [2.05, 4.69) is 5.32 Å². The van der Waals surface area contributed by atoms with Crippen molar-refractivity contribution in [2.75, 3.05) is 45.2 Å². The molecule has 8 heteroatoms. The average molecular weight is 391 g/mol. The molecule has 1 atom stereocenters. The predicted octanol–water partition coefficient (Wildman–Crippen LogP) is 1.64. The molecule has 7 nitrogen and oxygen atoms in total. The number of hydrogen-bond donors (Lipinski definition) is 1. The number of rotatable bonds is 7. The van der Waals surface area contributed by atoms with E-state index in [1.54, 1.807) is 18.1 Å². The Bertz CT molecular complexity index is 757. The highest BCUT2D eigenvalue weighted by Gasteiger charge is 2.51. The van der Waals surface area contributed by atoms with Crippen molar-refractivity contribution in [2.24, 2.45) is 5.41 Å². The first-order valence-electron chi connectivity index (χ1n) is 9.55. The molecule has 1 aromatic rings. The second kappa shape index (κ2) is 8.68. The quantitative estimate of drug-likeness (QED) is 0.767. The van der Waals surface area contributed by atoms with Gasteiger partial charge in [-0.05, 0) is 31.0 Å². The van der Waals surface area contributed by atoms with Gasteiger partial charge in [-0.3, -0.25) is 14.4 Å². The molecule has 2 aliphatic heterocycles. The SMILES string of the molecule is COCCN1CCC2(CCN(C(=O)CCC(=O)Nc3cccc(F)c3)C2)C1=O. The van der Waals surface area contributed by atoms with Gasteiger partial charge in [0.05, 0.1) is 12.0 Å². The van der Waals surface area contributed by atoms with Crippen molar-refractivity contribution in [3.05, 3.63) is 30.1 Å². The van der Waals surface area contributed by atoms with Gasteiger partial charge in [-0.15, -0.1) is 0 Å². The fraction of sp³-hybridized carbons (Fsp3) is 0.550. The highest BCUT2D eigenvalue weighted by atomic mass is 19.1. The lowest BCUT2D eigenvalue weighted by molar-refractivity contribution is -0.137. The van der Waals surface area contributed by atoms with E-state index >= 15 is 0 Å². The molecule has 0 aliphatic carbocycles. The summed E-state index contributed by atoms with van der Waals surface area (Å²) < 4.78 is 18.2. The number of carbonyl (C=O) groups is 3. The third kappa shape index (κ3) is 4.49. The molecule has 2 aliphatic rings. The number of anilines is 1. The van der Waals surface area contributed by atoms with Gasteiger partial charge < -0.3 is 19.9 Å². The number of nitrogens with one attached hydrogen (secondary N) is 1. The van der Waals surface area contributed by atoms with Crippen LogP contribution in [-0.2, 0) is 19.1 Å². The van der Waals surface area contributed by atoms with Crippen LogP contribution in [0.3, 0.4) is 0 Å². The maximum absolute atomic E-state index is 13.2. The first kappa shape index (κ1) is 20.3. The molecule has 1 spiro atoms. The molecule has 1 N–H and O–H groups in total. The third-order valence-corrected chi connectivity index (χ3v) is 5.55. The van der Waals surface area contributed by atoms with Crippen molar-refractivity contribution in [2.45, 2.75) is 25.7 Å². The van der Waals surface area contributed by atoms with Crippen LogP contribution in [0, 0.1) is 11.2 Å². The van der Waals surface area contributed by atoms with Crippen molar-refractivity contribution in [3.63, 3.8) is 0 Å². The van der Waals surface area contributed by atoms with E-state index in [0.717, 1.165) is 6.42 Å². The van der Waals surface area contributed by atoms with E-state index < -0.39 is 11.2 Å². The van der Waals surface area contributed by atoms with Crippen molar-refractivity contribution in [1.29, 1.82) is 0 Å². The molecule has 152 valence electrons. The lowest BCUT2D eigenvalue weighted by atomic mass is 9.85. The second-order valence-corrected chi connectivity index (χ2v) is 7.44. The number of benzene rings is 1. The molecule has 0 radical (unpaired) electrons. The van der Waals surface area contributed by atoms with Gasteiger partial charge in [-0.1, -0.05) is 6.07 Å². The van der Waals surface area contributed by atoms with Crippen LogP contribution in [-0.4, -0.2) is 67.4 Å². The summed E-state index contributed by atoms with van der Waals surface area (Å²) >= 11 is 0. The van der Waals surface area contributed by atoms with Crippen molar-refractivity contribution >= 4 is 23.4 Å². The number of halogens is 1. The number of likely N-dealkylation sites (tertiary alicyclic amines) is 2. The van der Waals surface area contributed by atoms with Crippen LogP contribution in [0.4, 0.5) is 10.1 Å². The Kier molecular flexibility index (Phi) is 6.28. The van der Waals surface area contributed by atoms with Crippen LogP contribution in [0.15, 0.2) is 24.3 Å². The topological polar surface area (TPSA) is 79.0 Å². The van der Waals surface area contributed by atoms with E-state index in [-0.39, 0.29) is 30.6 Å². The maximum atomic E-state index is 13.2. The minimum absolute atomic E-state index is 0.0206. The molecule has 1 unspecified atom stereocenters. The normalized spacial score (nSPS) is 21.6. The second-order valence-electron chi connectivity index (χ2n) is 7.44. The van der Waals surface area contributed by atoms with Gasteiger partial charge in [-0.25, -0.2) is 4.39 Å². The maximum Gasteiger partial charge on any atom is 0.230 e. The van der Waals surface area contributed by atoms with Gasteiger partial charge in [0.2, 0.25) is 17.7 Å². The Hall–Kier alpha value is -2.48. The fourth-order valence-electron chi connectivity index (χ4n) is 3.94. The molecule has 3 rings (SSSR count). The smallest absolute Gasteiger partial charge is 0.230 e. The molecule has 3 amide bonds. The zero-order chi connectivity index (χ0) is 20.1. The highest BCUT2D eigenvalue weighted by Crippen LogP contribution is 2.40. The fourth-order valence-corrected chi connectivity index (χ4v) is 3.94. The number of carbonyl (C=O) groups excluding carboxylic acids is 3. The molecule has 2 heterocycles. The molecule has 28 heavy (non-hydrogen) atoms. The number of nitrogens with zero attached hydrogens (tertiary/aromatic N) is 2. The first-order chi connectivity index (χ1) is 13.4. The van der Waals surface area contributed by atoms with E-state index in [1.165, 1.54) is 18.2 Å². The van der Waals surface area contributed by atoms with E-state index in [4.69, 9.17) is 4.74 Å². The van der Waals surface area contributed by atoms with Crippen molar-refractivity contribution in [3.8, 4) is 0 Å². The zero-order valence-electron chi connectivity index (χ0n) is 16.1. The number of ether oxygens (including phenoxy) is 1. The summed E-state index contributed by atoms with van der Waals surface area (Å²) in [6, 6.07) is 5.62. The van der Waals surface area contributed by atoms with E-state index in [9.17, 15) is 18.8 Å². The number of amides is 3. The van der Waals surface area contributed by atoms with E-state index in [0.29, 0.717) is 44.9 Å². The Morgan fingerprint density at radius 3 is 2.79 bits per heavy atom. The predicted molar refractivity (Wildman–Crippen MR) is 101 cm³/mol. The number of methoxy groups -OCH3 is 1. The van der Waals surface area contributed by atoms with Gasteiger partial charge in [0.25, 0.3) is 0 Å². The molecule has 2 fully saturated rings. The molecule has 0 saturated carbocycles. The summed E-state index contributed by atoms with van der Waals surface area (Å²) in [6.45, 7) is 2.73. The molecule has 0 bridgehead atoms. The van der Waals surface area contributed by atoms with Crippen LogP contribution < -0.4 is 5.32 Å². The minimum Gasteiger partial charge on any atom is -0.383 e. The molecular weight excluding hydrogens is 365 g/mol. The standard InChI is InChI=1S/C20H26FN3O4/c1-28-12-11-23-9-7-20(19(23)27)8-10-24(14-20)18(26)6-5-17(25)22-16-4-2-3-15(21)13-16/h2-4,13H,5-12,14H2,1H3,(H,22,25). The number of hydrogen-bond acceptors (Lipinski definition) is 4. The Morgan fingerprint density at radius 2 is 2.04 bits per heavy atom. The summed E-state index contributed by atoms with van der Waals surface area (Å²) in [5, 5.41) is 2.59. The molecular formula is C20H26FN3O4. The van der Waals surface area contributed by atoms with Gasteiger partial charge in [0.15, 0.2) is 0 Å². The van der Waals surface area contributed by atoms with Gasteiger partial charge in [0, 0.05) is 51.8 Å². The van der Waals surface area contributed by atoms with Gasteiger partial charge in [-0.2, -0.15) is 0 Å². The Morgan fingerprint density at radius 1 is 1.25 bits per heavy atom. The van der Waals surface area contributed by atoms with Crippen LogP contribution in [0.1, 0.15) is 25.7 Å². The third-order valence-electron chi connectivity index (χ3n) is 5.55. The molecule has 1 aromatic carbocycles. The largest absolute Gasteiger partial charge is 0.383 e. The lowest BCUT2D eigenvalue weighted by Gasteiger charge is -2.23. The summed E-state index contributed by atoms with van der Waals surface area (Å²) in [5.41, 5.74) is -0.113. The highest BCUT2D eigenvalue weighted by molar-refractivity contribution is 5.93. The molecule has 2 saturated heterocycles. The summed E-state index contributed by atoms with van der Waals surface area (Å²) in [6.07, 6.45) is 1.50. The van der Waals surface area contributed by atoms with Crippen LogP contribution in [0.5, 0.6) is 0 Å². The van der Waals surface area contributed by atoms with Gasteiger partial charge in [0.1, 0.15) is 5.82 Å². The van der Waals surface area contributed by atoms with Crippen LogP contribution in [0.2, 0.25) is 0 Å². The first-order valence-corrected chi connectivity index (χ1v) is 9.55. The van der Waals surface area contributed by atoms with Gasteiger partial charge >= 0.3 is 0 Å². The van der Waals surface area contributed by atoms with Crippen molar-refractivity contribution < 1.29 is 23.5 Å². The monoisotopic (exact) mass is 391 g/mol. The zero-order valence-corrected chi connectivity index (χ0v) is 16.1. The van der Waals surface area contributed by atoms with E-state index in [1.807, 2.05) is 4.90 Å². The lowest BCUT2D eigenvalue weighted by Crippen LogP contribution is -2.39. The van der Waals surface area contributed by atoms with Crippen molar-refractivity contribution in [1.82, 2.24) is 9.80 Å². The Balaban J connectivity index is 1.47. The Labute approximate surface area is 163 Å². The average Bonchev–Trinajstić information content (AvgIpc) is 3.24. The minimum atomic E-state index is -0.479. The van der Waals surface area contributed by atoms with Crippen LogP contribution >= 0.6 is 0 Å². The molecule has 0 aromatic heterocycles. The summed E-state index contributed by atoms with van der Waals surface area (Å²) in [7, 11) is 1.61. The summed E-state index contributed by atoms with van der Waals surface area (Å²) in [4.78, 5) is 40.7.